The summed E-state index contributed by atoms with van der Waals surface area (Å²) in [5.74, 6) is -0.0602. The van der Waals surface area contributed by atoms with Gasteiger partial charge in [-0.2, -0.15) is 0 Å². The molecular formula is C9H18N4O3. The summed E-state index contributed by atoms with van der Waals surface area (Å²) in [6.07, 6.45) is -0.823. The van der Waals surface area contributed by atoms with Gasteiger partial charge in [-0.15, -0.1) is 0 Å². The Balaban J connectivity index is 2.03. The average Bonchev–Trinajstić information content (AvgIpc) is 2.25. The minimum atomic E-state index is -0.823. The minimum absolute atomic E-state index is 0.0602. The Labute approximate surface area is 94.3 Å². The van der Waals surface area contributed by atoms with Crippen molar-refractivity contribution >= 4 is 12.0 Å². The first kappa shape index (κ1) is 12.7. The van der Waals surface area contributed by atoms with Crippen LogP contribution in [-0.2, 0) is 9.53 Å². The van der Waals surface area contributed by atoms with Crippen molar-refractivity contribution in [3.8, 4) is 0 Å². The Morgan fingerprint density at radius 1 is 1.38 bits per heavy atom. The van der Waals surface area contributed by atoms with Gasteiger partial charge < -0.3 is 21.1 Å². The molecular weight excluding hydrogens is 212 g/mol. The summed E-state index contributed by atoms with van der Waals surface area (Å²) in [7, 11) is 0. The van der Waals surface area contributed by atoms with Crippen LogP contribution < -0.4 is 16.4 Å². The molecule has 0 unspecified atom stereocenters. The molecule has 0 aromatic carbocycles. The summed E-state index contributed by atoms with van der Waals surface area (Å²) in [4.78, 5) is 23.7. The first-order valence-electron chi connectivity index (χ1n) is 5.30. The van der Waals surface area contributed by atoms with Crippen LogP contribution in [0.5, 0.6) is 0 Å². The number of nitrogens with one attached hydrogen (secondary N) is 2. The first-order valence-corrected chi connectivity index (χ1v) is 5.30. The lowest BCUT2D eigenvalue weighted by molar-refractivity contribution is -0.122. The Morgan fingerprint density at radius 2 is 2.06 bits per heavy atom. The molecule has 0 aromatic heterocycles. The zero-order chi connectivity index (χ0) is 11.8. The number of hydrogen-bond acceptors (Lipinski definition) is 5. The van der Waals surface area contributed by atoms with E-state index in [-0.39, 0.29) is 12.5 Å². The van der Waals surface area contributed by atoms with Gasteiger partial charge in [-0.1, -0.05) is 0 Å². The molecule has 92 valence electrons. The second-order valence-corrected chi connectivity index (χ2v) is 3.54. The second-order valence-electron chi connectivity index (χ2n) is 3.54. The van der Waals surface area contributed by atoms with Crippen molar-refractivity contribution in [2.24, 2.45) is 5.73 Å². The number of hydrogen-bond donors (Lipinski definition) is 3. The van der Waals surface area contributed by atoms with E-state index in [1.54, 1.807) is 0 Å². The monoisotopic (exact) mass is 230 g/mol. The van der Waals surface area contributed by atoms with Gasteiger partial charge in [0.05, 0.1) is 13.1 Å². The third-order valence-electron chi connectivity index (χ3n) is 2.25. The summed E-state index contributed by atoms with van der Waals surface area (Å²) < 4.78 is 4.48. The molecule has 0 aromatic rings. The van der Waals surface area contributed by atoms with E-state index in [0.29, 0.717) is 13.1 Å². The first-order chi connectivity index (χ1) is 7.68. The molecule has 0 aliphatic carbocycles. The number of ether oxygens (including phenoxy) is 1. The third kappa shape index (κ3) is 5.52. The molecule has 1 fully saturated rings. The predicted octanol–water partition coefficient (Wildman–Crippen LogP) is -1.90. The number of rotatable bonds is 5. The smallest absolute Gasteiger partial charge is 0.404 e. The van der Waals surface area contributed by atoms with Gasteiger partial charge in [-0.05, 0) is 0 Å². The summed E-state index contributed by atoms with van der Waals surface area (Å²) >= 11 is 0. The van der Waals surface area contributed by atoms with Crippen molar-refractivity contribution in [3.05, 3.63) is 0 Å². The quantitative estimate of drug-likeness (QED) is 0.479. The van der Waals surface area contributed by atoms with Gasteiger partial charge in [0.25, 0.3) is 0 Å². The van der Waals surface area contributed by atoms with Crippen LogP contribution in [0.15, 0.2) is 0 Å². The van der Waals surface area contributed by atoms with E-state index >= 15 is 0 Å². The van der Waals surface area contributed by atoms with Crippen LogP contribution in [0.25, 0.3) is 0 Å². The van der Waals surface area contributed by atoms with E-state index < -0.39 is 6.09 Å². The van der Waals surface area contributed by atoms with Crippen LogP contribution in [0.4, 0.5) is 4.79 Å². The largest absolute Gasteiger partial charge is 0.448 e. The molecule has 1 saturated heterocycles. The predicted molar refractivity (Wildman–Crippen MR) is 57.9 cm³/mol. The fourth-order valence-electron chi connectivity index (χ4n) is 1.47. The van der Waals surface area contributed by atoms with Crippen LogP contribution in [0, 0.1) is 0 Å². The van der Waals surface area contributed by atoms with E-state index in [4.69, 9.17) is 5.73 Å². The highest BCUT2D eigenvalue weighted by molar-refractivity contribution is 5.78. The highest BCUT2D eigenvalue weighted by atomic mass is 16.5. The SMILES string of the molecule is NC(=O)OCCNC(=O)CN1CCNCC1. The normalized spacial score (nSPS) is 16.8. The maximum Gasteiger partial charge on any atom is 0.404 e. The van der Waals surface area contributed by atoms with Crippen molar-refractivity contribution < 1.29 is 14.3 Å². The van der Waals surface area contributed by atoms with Crippen LogP contribution in [0.3, 0.4) is 0 Å². The van der Waals surface area contributed by atoms with Gasteiger partial charge in [-0.3, -0.25) is 9.69 Å². The molecule has 2 amide bonds. The summed E-state index contributed by atoms with van der Waals surface area (Å²) in [5.41, 5.74) is 4.77. The van der Waals surface area contributed by atoms with Gasteiger partial charge in [0.15, 0.2) is 0 Å². The maximum absolute atomic E-state index is 11.4. The third-order valence-corrected chi connectivity index (χ3v) is 2.25. The molecule has 16 heavy (non-hydrogen) atoms. The molecule has 4 N–H and O–H groups in total. The zero-order valence-corrected chi connectivity index (χ0v) is 9.20. The molecule has 1 aliphatic rings. The van der Waals surface area contributed by atoms with Gasteiger partial charge in [0.1, 0.15) is 6.61 Å². The van der Waals surface area contributed by atoms with Crippen molar-refractivity contribution in [2.75, 3.05) is 45.9 Å². The lowest BCUT2D eigenvalue weighted by Gasteiger charge is -2.26. The number of carbonyl (C=O) groups is 2. The van der Waals surface area contributed by atoms with E-state index in [2.05, 4.69) is 20.3 Å². The zero-order valence-electron chi connectivity index (χ0n) is 9.20. The number of nitrogens with zero attached hydrogens (tertiary/aromatic N) is 1. The van der Waals surface area contributed by atoms with Gasteiger partial charge in [-0.25, -0.2) is 4.79 Å². The van der Waals surface area contributed by atoms with Crippen LogP contribution >= 0.6 is 0 Å². The lowest BCUT2D eigenvalue weighted by Crippen LogP contribution is -2.47. The molecule has 0 bridgehead atoms. The van der Waals surface area contributed by atoms with Gasteiger partial charge in [0, 0.05) is 26.2 Å². The summed E-state index contributed by atoms with van der Waals surface area (Å²) in [6, 6.07) is 0. The summed E-state index contributed by atoms with van der Waals surface area (Å²) in [6.45, 7) is 4.39. The molecule has 7 nitrogen and oxygen atoms in total. The number of nitrogens with two attached hydrogens (primary N) is 1. The van der Waals surface area contributed by atoms with Crippen molar-refractivity contribution in [1.29, 1.82) is 0 Å². The van der Waals surface area contributed by atoms with Gasteiger partial charge >= 0.3 is 6.09 Å². The van der Waals surface area contributed by atoms with E-state index in [1.807, 2.05) is 0 Å². The topological polar surface area (TPSA) is 96.7 Å². The van der Waals surface area contributed by atoms with Crippen molar-refractivity contribution in [2.45, 2.75) is 0 Å². The van der Waals surface area contributed by atoms with Crippen LogP contribution in [0.2, 0.25) is 0 Å². The van der Waals surface area contributed by atoms with Crippen molar-refractivity contribution in [3.63, 3.8) is 0 Å². The Hall–Kier alpha value is -1.34. The number of amides is 2. The van der Waals surface area contributed by atoms with Crippen LogP contribution in [-0.4, -0.2) is 62.8 Å². The summed E-state index contributed by atoms with van der Waals surface area (Å²) in [5, 5.41) is 5.86. The Bertz CT molecular complexity index is 241. The van der Waals surface area contributed by atoms with Crippen molar-refractivity contribution in [1.82, 2.24) is 15.5 Å². The highest BCUT2D eigenvalue weighted by Gasteiger charge is 2.12. The van der Waals surface area contributed by atoms with E-state index in [9.17, 15) is 9.59 Å². The molecule has 0 atom stereocenters. The second kappa shape index (κ2) is 7.02. The molecule has 1 aliphatic heterocycles. The maximum atomic E-state index is 11.4. The minimum Gasteiger partial charge on any atom is -0.448 e. The number of primary amides is 1. The fraction of sp³-hybridized carbons (Fsp3) is 0.778. The molecule has 0 spiro atoms. The highest BCUT2D eigenvalue weighted by Crippen LogP contribution is 1.90. The van der Waals surface area contributed by atoms with E-state index in [0.717, 1.165) is 26.2 Å². The molecule has 0 radical (unpaired) electrons. The molecule has 1 rings (SSSR count). The van der Waals surface area contributed by atoms with E-state index in [1.165, 1.54) is 0 Å². The van der Waals surface area contributed by atoms with Gasteiger partial charge in [0.2, 0.25) is 5.91 Å². The number of piperazine rings is 1. The Kier molecular flexibility index (Phi) is 5.58. The average molecular weight is 230 g/mol. The molecule has 0 saturated carbocycles. The Morgan fingerprint density at radius 3 is 2.69 bits per heavy atom. The lowest BCUT2D eigenvalue weighted by atomic mass is 10.3. The fourth-order valence-corrected chi connectivity index (χ4v) is 1.47. The standard InChI is InChI=1S/C9H18N4O3/c10-9(15)16-6-3-12-8(14)7-13-4-1-11-2-5-13/h11H,1-7H2,(H2,10,15)(H,12,14). The molecule has 7 heteroatoms. The number of carbonyl (C=O) groups excluding carboxylic acids is 2. The van der Waals surface area contributed by atoms with Crippen LogP contribution in [0.1, 0.15) is 0 Å². The molecule has 1 heterocycles.